The molecule has 1 atom stereocenters. The molecule has 2 nitrogen and oxygen atoms in total. The number of rotatable bonds is 4. The van der Waals surface area contributed by atoms with Gasteiger partial charge >= 0.3 is 0 Å². The second-order valence-electron chi connectivity index (χ2n) is 5.85. The van der Waals surface area contributed by atoms with Gasteiger partial charge in [0.1, 0.15) is 11.5 Å². The largest absolute Gasteiger partial charge is 0.466 e. The molecule has 1 aromatic heterocycles. The lowest BCUT2D eigenvalue weighted by Gasteiger charge is -2.16. The molecule has 0 aliphatic heterocycles. The van der Waals surface area contributed by atoms with Crippen LogP contribution in [0, 0.1) is 34.6 Å². The van der Waals surface area contributed by atoms with E-state index in [0.717, 1.165) is 18.1 Å². The number of hydrogen-bond acceptors (Lipinski definition) is 2. The summed E-state index contributed by atoms with van der Waals surface area (Å²) in [5, 5.41) is 3.61. The SMILES string of the molecule is Cc1cc(C)c(CNC(C)c2cc(C)oc2C)c(C)c1. The van der Waals surface area contributed by atoms with Gasteiger partial charge in [0.15, 0.2) is 0 Å². The molecule has 0 aliphatic rings. The minimum Gasteiger partial charge on any atom is -0.466 e. The molecule has 2 heteroatoms. The minimum atomic E-state index is 0.299. The lowest BCUT2D eigenvalue weighted by Crippen LogP contribution is -2.19. The van der Waals surface area contributed by atoms with Crippen LogP contribution in [0.4, 0.5) is 0 Å². The Morgan fingerprint density at radius 2 is 1.60 bits per heavy atom. The minimum absolute atomic E-state index is 0.299. The second kappa shape index (κ2) is 5.84. The predicted molar refractivity (Wildman–Crippen MR) is 84.1 cm³/mol. The first kappa shape index (κ1) is 14.9. The van der Waals surface area contributed by atoms with Crippen LogP contribution in [0.3, 0.4) is 0 Å². The van der Waals surface area contributed by atoms with Crippen molar-refractivity contribution >= 4 is 0 Å². The van der Waals surface area contributed by atoms with Gasteiger partial charge < -0.3 is 9.73 Å². The average molecular weight is 271 g/mol. The van der Waals surface area contributed by atoms with Crippen molar-refractivity contribution in [3.8, 4) is 0 Å². The smallest absolute Gasteiger partial charge is 0.105 e. The first-order valence-corrected chi connectivity index (χ1v) is 7.25. The van der Waals surface area contributed by atoms with Gasteiger partial charge in [-0.2, -0.15) is 0 Å². The maximum Gasteiger partial charge on any atom is 0.105 e. The van der Waals surface area contributed by atoms with Crippen molar-refractivity contribution in [2.75, 3.05) is 0 Å². The number of hydrogen-bond donors (Lipinski definition) is 1. The standard InChI is InChI=1S/C18H25NO/c1-11-7-12(2)18(13(3)8-11)10-19-15(5)17-9-14(4)20-16(17)6/h7-9,15,19H,10H2,1-6H3. The quantitative estimate of drug-likeness (QED) is 0.874. The highest BCUT2D eigenvalue weighted by atomic mass is 16.3. The number of benzene rings is 1. The molecule has 1 N–H and O–H groups in total. The van der Waals surface area contributed by atoms with E-state index >= 15 is 0 Å². The number of furan rings is 1. The fourth-order valence-corrected chi connectivity index (χ4v) is 2.93. The monoisotopic (exact) mass is 271 g/mol. The van der Waals surface area contributed by atoms with Crippen molar-refractivity contribution in [3.05, 3.63) is 57.5 Å². The summed E-state index contributed by atoms with van der Waals surface area (Å²) in [4.78, 5) is 0. The van der Waals surface area contributed by atoms with Crippen LogP contribution in [0.2, 0.25) is 0 Å². The van der Waals surface area contributed by atoms with Crippen molar-refractivity contribution in [1.29, 1.82) is 0 Å². The van der Waals surface area contributed by atoms with Gasteiger partial charge in [0.05, 0.1) is 0 Å². The summed E-state index contributed by atoms with van der Waals surface area (Å²) in [6.45, 7) is 13.6. The summed E-state index contributed by atoms with van der Waals surface area (Å²) < 4.78 is 5.61. The maximum absolute atomic E-state index is 5.61. The highest BCUT2D eigenvalue weighted by molar-refractivity contribution is 5.37. The van der Waals surface area contributed by atoms with Gasteiger partial charge in [-0.3, -0.25) is 0 Å². The van der Waals surface area contributed by atoms with Crippen molar-refractivity contribution < 1.29 is 4.42 Å². The van der Waals surface area contributed by atoms with Crippen molar-refractivity contribution in [2.24, 2.45) is 0 Å². The van der Waals surface area contributed by atoms with Gasteiger partial charge in [-0.25, -0.2) is 0 Å². The van der Waals surface area contributed by atoms with E-state index in [1.165, 1.54) is 27.8 Å². The molecular weight excluding hydrogens is 246 g/mol. The molecule has 2 rings (SSSR count). The van der Waals surface area contributed by atoms with Gasteiger partial charge in [0.25, 0.3) is 0 Å². The third-order valence-electron chi connectivity index (χ3n) is 3.97. The van der Waals surface area contributed by atoms with E-state index < -0.39 is 0 Å². The van der Waals surface area contributed by atoms with E-state index in [0.29, 0.717) is 6.04 Å². The van der Waals surface area contributed by atoms with Crippen LogP contribution < -0.4 is 5.32 Å². The predicted octanol–water partition coefficient (Wildman–Crippen LogP) is 4.67. The second-order valence-corrected chi connectivity index (χ2v) is 5.85. The first-order valence-electron chi connectivity index (χ1n) is 7.25. The molecule has 0 saturated heterocycles. The van der Waals surface area contributed by atoms with Crippen LogP contribution in [0.1, 0.15) is 52.3 Å². The van der Waals surface area contributed by atoms with Crippen LogP contribution in [0.25, 0.3) is 0 Å². The highest BCUT2D eigenvalue weighted by Gasteiger charge is 2.13. The molecular formula is C18H25NO. The molecule has 0 saturated carbocycles. The topological polar surface area (TPSA) is 25.2 Å². The highest BCUT2D eigenvalue weighted by Crippen LogP contribution is 2.23. The third kappa shape index (κ3) is 3.13. The zero-order chi connectivity index (χ0) is 14.9. The van der Waals surface area contributed by atoms with Crippen LogP contribution >= 0.6 is 0 Å². The molecule has 0 bridgehead atoms. The molecule has 1 unspecified atom stereocenters. The Labute approximate surface area is 122 Å². The Kier molecular flexibility index (Phi) is 4.34. The van der Waals surface area contributed by atoms with E-state index in [-0.39, 0.29) is 0 Å². The third-order valence-corrected chi connectivity index (χ3v) is 3.97. The summed E-state index contributed by atoms with van der Waals surface area (Å²) in [6.07, 6.45) is 0. The molecule has 20 heavy (non-hydrogen) atoms. The lowest BCUT2D eigenvalue weighted by atomic mass is 9.99. The lowest BCUT2D eigenvalue weighted by molar-refractivity contribution is 0.489. The van der Waals surface area contributed by atoms with Gasteiger partial charge in [-0.15, -0.1) is 0 Å². The Balaban J connectivity index is 2.11. The average Bonchev–Trinajstić information content (AvgIpc) is 2.66. The van der Waals surface area contributed by atoms with Gasteiger partial charge in [0.2, 0.25) is 0 Å². The van der Waals surface area contributed by atoms with E-state index in [9.17, 15) is 0 Å². The molecule has 2 aromatic rings. The first-order chi connectivity index (χ1) is 9.38. The molecule has 0 aliphatic carbocycles. The molecule has 1 heterocycles. The van der Waals surface area contributed by atoms with Crippen molar-refractivity contribution in [3.63, 3.8) is 0 Å². The molecule has 0 spiro atoms. The van der Waals surface area contributed by atoms with Gasteiger partial charge in [-0.1, -0.05) is 17.7 Å². The molecule has 0 amide bonds. The molecule has 108 valence electrons. The van der Waals surface area contributed by atoms with E-state index in [1.54, 1.807) is 0 Å². The molecule has 0 radical (unpaired) electrons. The van der Waals surface area contributed by atoms with Gasteiger partial charge in [0, 0.05) is 18.2 Å². The Morgan fingerprint density at radius 1 is 1.00 bits per heavy atom. The van der Waals surface area contributed by atoms with Crippen molar-refractivity contribution in [2.45, 2.75) is 54.1 Å². The van der Waals surface area contributed by atoms with E-state index in [4.69, 9.17) is 4.42 Å². The number of aryl methyl sites for hydroxylation is 5. The fourth-order valence-electron chi connectivity index (χ4n) is 2.93. The summed E-state index contributed by atoms with van der Waals surface area (Å²) in [6, 6.07) is 6.93. The summed E-state index contributed by atoms with van der Waals surface area (Å²) in [7, 11) is 0. The summed E-state index contributed by atoms with van der Waals surface area (Å²) in [5.41, 5.74) is 6.72. The Hall–Kier alpha value is -1.54. The van der Waals surface area contributed by atoms with Crippen LogP contribution in [0.5, 0.6) is 0 Å². The number of nitrogens with one attached hydrogen (secondary N) is 1. The van der Waals surface area contributed by atoms with E-state index in [1.807, 2.05) is 13.8 Å². The zero-order valence-corrected chi connectivity index (χ0v) is 13.4. The van der Waals surface area contributed by atoms with E-state index in [2.05, 4.69) is 51.2 Å². The Morgan fingerprint density at radius 3 is 2.10 bits per heavy atom. The van der Waals surface area contributed by atoms with Crippen LogP contribution in [0.15, 0.2) is 22.6 Å². The van der Waals surface area contributed by atoms with Crippen LogP contribution in [-0.4, -0.2) is 0 Å². The zero-order valence-electron chi connectivity index (χ0n) is 13.4. The van der Waals surface area contributed by atoms with Gasteiger partial charge in [-0.05, 0) is 64.3 Å². The Bertz CT molecular complexity index is 587. The summed E-state index contributed by atoms with van der Waals surface area (Å²) in [5.74, 6) is 1.99. The fraction of sp³-hybridized carbons (Fsp3) is 0.444. The van der Waals surface area contributed by atoms with Crippen LogP contribution in [-0.2, 0) is 6.54 Å². The molecule has 0 fully saturated rings. The normalized spacial score (nSPS) is 12.7. The van der Waals surface area contributed by atoms with Crippen molar-refractivity contribution in [1.82, 2.24) is 5.32 Å². The maximum atomic E-state index is 5.61. The summed E-state index contributed by atoms with van der Waals surface area (Å²) >= 11 is 0. The molecule has 1 aromatic carbocycles.